The van der Waals surface area contributed by atoms with Crippen molar-refractivity contribution in [1.82, 2.24) is 9.97 Å². The second kappa shape index (κ2) is 12.5. The Labute approximate surface area is 260 Å². The van der Waals surface area contributed by atoms with Gasteiger partial charge in [-0.2, -0.15) is 0 Å². The van der Waals surface area contributed by atoms with Crippen LogP contribution < -0.4 is 18.9 Å². The number of esters is 2. The topological polar surface area (TPSA) is 96.8 Å². The third kappa shape index (κ3) is 6.17. The summed E-state index contributed by atoms with van der Waals surface area (Å²) < 4.78 is 21.7. The maximum atomic E-state index is 12.7. The summed E-state index contributed by atoms with van der Waals surface area (Å²) in [5.74, 6) is 0.808. The summed E-state index contributed by atoms with van der Waals surface area (Å²) in [5.41, 5.74) is 7.01. The van der Waals surface area contributed by atoms with Crippen LogP contribution in [0.1, 0.15) is 17.5 Å². The van der Waals surface area contributed by atoms with Gasteiger partial charge >= 0.3 is 11.9 Å². The molecule has 224 valence electrons. The van der Waals surface area contributed by atoms with E-state index in [0.717, 1.165) is 66.7 Å². The first-order valence-corrected chi connectivity index (χ1v) is 14.3. The van der Waals surface area contributed by atoms with Gasteiger partial charge in [-0.15, -0.1) is 0 Å². The van der Waals surface area contributed by atoms with Gasteiger partial charge in [0.15, 0.2) is 0 Å². The minimum absolute atomic E-state index is 0.374. The number of carbonyl (C=O) groups excluding carboxylic acids is 2. The van der Waals surface area contributed by atoms with Gasteiger partial charge in [-0.3, -0.25) is 19.6 Å². The average molecular weight is 599 g/mol. The molecule has 0 aliphatic carbocycles. The van der Waals surface area contributed by atoms with Gasteiger partial charge in [-0.1, -0.05) is 12.1 Å². The van der Waals surface area contributed by atoms with E-state index in [-0.39, 0.29) is 0 Å². The van der Waals surface area contributed by atoms with Crippen LogP contribution in [0.25, 0.3) is 44.1 Å². The molecule has 8 nitrogen and oxygen atoms in total. The molecule has 0 bridgehead atoms. The summed E-state index contributed by atoms with van der Waals surface area (Å²) in [6.07, 6.45) is 2.97. The molecule has 0 atom stereocenters. The predicted octanol–water partition coefficient (Wildman–Crippen LogP) is 7.65. The number of fused-ring (bicyclic) bond motifs is 2. The van der Waals surface area contributed by atoms with E-state index in [4.69, 9.17) is 18.9 Å². The van der Waals surface area contributed by atoms with Crippen molar-refractivity contribution in [3.63, 3.8) is 0 Å². The zero-order valence-corrected chi connectivity index (χ0v) is 25.3. The van der Waals surface area contributed by atoms with Gasteiger partial charge < -0.3 is 18.9 Å². The maximum absolute atomic E-state index is 12.7. The standard InChI is InChI=1S/C37H30N2O6/c1-22-17-24(28-13-15-38-32-19-26(42-3)7-9-30(28)32)5-11-34(22)44-36(40)21-37(41)45-35-12-6-25(18-23(35)2)29-14-16-39-33-20-27(43-4)8-10-31(29)33/h5-20H,21H2,1-4H3. The molecule has 6 aromatic rings. The number of aromatic nitrogens is 2. The first-order chi connectivity index (χ1) is 21.8. The zero-order chi connectivity index (χ0) is 31.5. The van der Waals surface area contributed by atoms with E-state index in [1.807, 2.05) is 86.6 Å². The number of nitrogens with zero attached hydrogens (tertiary/aromatic N) is 2. The minimum Gasteiger partial charge on any atom is -0.497 e. The number of carbonyl (C=O) groups is 2. The average Bonchev–Trinajstić information content (AvgIpc) is 3.05. The molecular weight excluding hydrogens is 568 g/mol. The highest BCUT2D eigenvalue weighted by atomic mass is 16.6. The summed E-state index contributed by atoms with van der Waals surface area (Å²) in [6.45, 7) is 3.70. The molecule has 6 rings (SSSR count). The Kier molecular flexibility index (Phi) is 8.12. The Morgan fingerprint density at radius 3 is 1.42 bits per heavy atom. The van der Waals surface area contributed by atoms with Crippen LogP contribution in [0.15, 0.2) is 97.3 Å². The molecule has 0 N–H and O–H groups in total. The van der Waals surface area contributed by atoms with Gasteiger partial charge in [0.1, 0.15) is 29.4 Å². The lowest BCUT2D eigenvalue weighted by atomic mass is 9.99. The van der Waals surface area contributed by atoms with Crippen LogP contribution in [0, 0.1) is 13.8 Å². The van der Waals surface area contributed by atoms with Crippen molar-refractivity contribution in [2.45, 2.75) is 20.3 Å². The molecule has 8 heteroatoms. The molecule has 0 unspecified atom stereocenters. The zero-order valence-electron chi connectivity index (χ0n) is 25.3. The van der Waals surface area contributed by atoms with E-state index < -0.39 is 18.4 Å². The molecule has 0 aliphatic heterocycles. The number of pyridine rings is 2. The van der Waals surface area contributed by atoms with Crippen LogP contribution in [0.3, 0.4) is 0 Å². The Bertz CT molecular complexity index is 1940. The van der Waals surface area contributed by atoms with Crippen molar-refractivity contribution in [3.8, 4) is 45.3 Å². The van der Waals surface area contributed by atoms with Crippen molar-refractivity contribution in [3.05, 3.63) is 108 Å². The number of rotatable bonds is 8. The van der Waals surface area contributed by atoms with Crippen molar-refractivity contribution in [2.24, 2.45) is 0 Å². The smallest absolute Gasteiger partial charge is 0.322 e. The summed E-state index contributed by atoms with van der Waals surface area (Å²) in [5, 5.41) is 1.95. The van der Waals surface area contributed by atoms with Gasteiger partial charge in [0.2, 0.25) is 0 Å². The van der Waals surface area contributed by atoms with E-state index in [9.17, 15) is 9.59 Å². The Hall–Kier alpha value is -5.76. The van der Waals surface area contributed by atoms with Gasteiger partial charge in [-0.05, 0) is 108 Å². The fourth-order valence-corrected chi connectivity index (χ4v) is 5.31. The van der Waals surface area contributed by atoms with Crippen molar-refractivity contribution >= 4 is 33.7 Å². The fourth-order valence-electron chi connectivity index (χ4n) is 5.31. The highest BCUT2D eigenvalue weighted by molar-refractivity contribution is 5.97. The minimum atomic E-state index is -0.703. The number of methoxy groups -OCH3 is 2. The van der Waals surface area contributed by atoms with Crippen molar-refractivity contribution in [1.29, 1.82) is 0 Å². The van der Waals surface area contributed by atoms with Crippen LogP contribution >= 0.6 is 0 Å². The van der Waals surface area contributed by atoms with E-state index in [1.54, 1.807) is 38.7 Å². The van der Waals surface area contributed by atoms with Crippen LogP contribution in [0.2, 0.25) is 0 Å². The number of benzene rings is 4. The molecule has 0 radical (unpaired) electrons. The predicted molar refractivity (Wildman–Crippen MR) is 173 cm³/mol. The van der Waals surface area contributed by atoms with Crippen LogP contribution in [-0.4, -0.2) is 36.1 Å². The molecule has 2 heterocycles. The molecule has 4 aromatic carbocycles. The Morgan fingerprint density at radius 2 is 1.02 bits per heavy atom. The molecular formula is C37H30N2O6. The van der Waals surface area contributed by atoms with Crippen LogP contribution in [0.5, 0.6) is 23.0 Å². The molecule has 0 spiro atoms. The van der Waals surface area contributed by atoms with E-state index in [0.29, 0.717) is 11.5 Å². The molecule has 45 heavy (non-hydrogen) atoms. The normalized spacial score (nSPS) is 10.9. The van der Waals surface area contributed by atoms with Crippen molar-refractivity contribution in [2.75, 3.05) is 14.2 Å². The fraction of sp³-hybridized carbons (Fsp3) is 0.135. The van der Waals surface area contributed by atoms with Gasteiger partial charge in [-0.25, -0.2) is 0 Å². The second-order valence-electron chi connectivity index (χ2n) is 10.6. The molecule has 0 amide bonds. The highest BCUT2D eigenvalue weighted by Crippen LogP contribution is 2.34. The van der Waals surface area contributed by atoms with Crippen LogP contribution in [0.4, 0.5) is 0 Å². The molecule has 0 saturated heterocycles. The largest absolute Gasteiger partial charge is 0.497 e. The SMILES string of the molecule is COc1ccc2c(-c3ccc(OC(=O)CC(=O)Oc4ccc(-c5ccnc6cc(OC)ccc56)cc4C)c(C)c3)ccnc2c1. The van der Waals surface area contributed by atoms with E-state index in [2.05, 4.69) is 9.97 Å². The summed E-state index contributed by atoms with van der Waals surface area (Å²) in [4.78, 5) is 34.3. The van der Waals surface area contributed by atoms with Gasteiger partial charge in [0.05, 0.1) is 25.3 Å². The lowest BCUT2D eigenvalue weighted by Crippen LogP contribution is -2.18. The molecule has 0 aliphatic rings. The van der Waals surface area contributed by atoms with Crippen molar-refractivity contribution < 1.29 is 28.5 Å². The summed E-state index contributed by atoms with van der Waals surface area (Å²) in [6, 6.07) is 26.5. The van der Waals surface area contributed by atoms with Crippen LogP contribution in [-0.2, 0) is 9.59 Å². The lowest BCUT2D eigenvalue weighted by molar-refractivity contribution is -0.144. The second-order valence-corrected chi connectivity index (χ2v) is 10.6. The third-order valence-corrected chi connectivity index (χ3v) is 7.61. The number of ether oxygens (including phenoxy) is 4. The third-order valence-electron chi connectivity index (χ3n) is 7.61. The first kappa shape index (κ1) is 29.3. The van der Waals surface area contributed by atoms with Gasteiger partial charge in [0, 0.05) is 35.3 Å². The Balaban J connectivity index is 1.12. The van der Waals surface area contributed by atoms with E-state index in [1.165, 1.54) is 0 Å². The van der Waals surface area contributed by atoms with Gasteiger partial charge in [0.25, 0.3) is 0 Å². The van der Waals surface area contributed by atoms with E-state index >= 15 is 0 Å². The molecule has 0 saturated carbocycles. The Morgan fingerprint density at radius 1 is 0.578 bits per heavy atom. The molecule has 2 aromatic heterocycles. The quantitative estimate of drug-likeness (QED) is 0.100. The highest BCUT2D eigenvalue weighted by Gasteiger charge is 2.17. The monoisotopic (exact) mass is 598 g/mol. The number of hydrogen-bond donors (Lipinski definition) is 0. The number of hydrogen-bond acceptors (Lipinski definition) is 8. The lowest BCUT2D eigenvalue weighted by Gasteiger charge is -2.12. The summed E-state index contributed by atoms with van der Waals surface area (Å²) in [7, 11) is 3.24. The maximum Gasteiger partial charge on any atom is 0.322 e. The molecule has 0 fully saturated rings. The summed E-state index contributed by atoms with van der Waals surface area (Å²) >= 11 is 0. The number of aryl methyl sites for hydroxylation is 2. The first-order valence-electron chi connectivity index (χ1n) is 14.3.